The predicted octanol–water partition coefficient (Wildman–Crippen LogP) is 2.75. The molecule has 16 heavy (non-hydrogen) atoms. The average molecular weight is 283 g/mol. The molecule has 1 aromatic carbocycles. The minimum atomic E-state index is -0.674. The van der Waals surface area contributed by atoms with Crippen molar-refractivity contribution in [2.24, 2.45) is 0 Å². The number of carbonyl (C=O) groups is 2. The van der Waals surface area contributed by atoms with Gasteiger partial charge in [-0.25, -0.2) is 4.79 Å². The number of benzene rings is 1. The van der Waals surface area contributed by atoms with Crippen LogP contribution in [0.15, 0.2) is 40.9 Å². The molecule has 4 heteroatoms. The first-order valence-electron chi connectivity index (χ1n) is 4.72. The first kappa shape index (κ1) is 12.6. The van der Waals surface area contributed by atoms with Gasteiger partial charge in [-0.3, -0.25) is 4.79 Å². The number of ether oxygens (including phenoxy) is 1. The van der Waals surface area contributed by atoms with Crippen molar-refractivity contribution >= 4 is 27.7 Å². The molecule has 0 unspecified atom stereocenters. The van der Waals surface area contributed by atoms with Gasteiger partial charge in [-0.15, -0.1) is 0 Å². The summed E-state index contributed by atoms with van der Waals surface area (Å²) < 4.78 is 5.48. The quantitative estimate of drug-likeness (QED) is 0.280. The normalized spacial score (nSPS) is 9.62. The monoisotopic (exact) mass is 282 g/mol. The molecule has 0 heterocycles. The van der Waals surface area contributed by atoms with Crippen LogP contribution in [0.2, 0.25) is 0 Å². The smallest absolute Gasteiger partial charge is 0.341 e. The summed E-state index contributed by atoms with van der Waals surface area (Å²) in [4.78, 5) is 23.1. The highest BCUT2D eigenvalue weighted by atomic mass is 79.9. The van der Waals surface area contributed by atoms with E-state index < -0.39 is 11.8 Å². The number of hydrogen-bond donors (Lipinski definition) is 0. The topological polar surface area (TPSA) is 43.4 Å². The Labute approximate surface area is 102 Å². The summed E-state index contributed by atoms with van der Waals surface area (Å²) in [5, 5.41) is 0. The van der Waals surface area contributed by atoms with Gasteiger partial charge in [0.15, 0.2) is 5.78 Å². The van der Waals surface area contributed by atoms with E-state index in [1.807, 2.05) is 0 Å². The Balaban J connectivity index is 2.86. The molecule has 1 rings (SSSR count). The molecule has 0 spiro atoms. The predicted molar refractivity (Wildman–Crippen MR) is 64.2 cm³/mol. The summed E-state index contributed by atoms with van der Waals surface area (Å²) in [5.74, 6) is -1.09. The Morgan fingerprint density at radius 1 is 1.44 bits per heavy atom. The lowest BCUT2D eigenvalue weighted by Crippen LogP contribution is -2.15. The maximum absolute atomic E-state index is 11.8. The zero-order chi connectivity index (χ0) is 12.1. The minimum Gasteiger partial charge on any atom is -0.462 e. The van der Waals surface area contributed by atoms with E-state index in [2.05, 4.69) is 22.5 Å². The summed E-state index contributed by atoms with van der Waals surface area (Å²) in [7, 11) is 0. The average Bonchev–Trinajstić information content (AvgIpc) is 2.27. The highest BCUT2D eigenvalue weighted by Gasteiger charge is 2.18. The van der Waals surface area contributed by atoms with Gasteiger partial charge >= 0.3 is 5.97 Å². The van der Waals surface area contributed by atoms with E-state index in [-0.39, 0.29) is 12.2 Å². The minimum absolute atomic E-state index is 0.153. The molecule has 0 aliphatic heterocycles. The number of halogens is 1. The number of Topliss-reactive ketones (excluding diaryl/α,β-unsaturated/α-hetero) is 1. The molecule has 3 nitrogen and oxygen atoms in total. The number of ketones is 1. The lowest BCUT2D eigenvalue weighted by molar-refractivity contribution is -0.138. The Hall–Kier alpha value is -1.42. The van der Waals surface area contributed by atoms with Crippen molar-refractivity contribution in [2.75, 3.05) is 6.61 Å². The second-order valence-electron chi connectivity index (χ2n) is 3.04. The molecule has 0 saturated heterocycles. The van der Waals surface area contributed by atoms with Crippen molar-refractivity contribution < 1.29 is 14.3 Å². The van der Waals surface area contributed by atoms with Crippen LogP contribution in [0, 0.1) is 0 Å². The van der Waals surface area contributed by atoms with Gasteiger partial charge in [-0.1, -0.05) is 34.6 Å². The third-order valence-corrected chi connectivity index (χ3v) is 2.38. The van der Waals surface area contributed by atoms with E-state index in [1.54, 1.807) is 31.2 Å². The molecule has 0 atom stereocenters. The Bertz CT molecular complexity index is 438. The van der Waals surface area contributed by atoms with Gasteiger partial charge in [0.1, 0.15) is 5.57 Å². The van der Waals surface area contributed by atoms with Crippen LogP contribution < -0.4 is 0 Å². The number of carbonyl (C=O) groups excluding carboxylic acids is 2. The van der Waals surface area contributed by atoms with Crippen LogP contribution in [0.3, 0.4) is 0 Å². The fourth-order valence-electron chi connectivity index (χ4n) is 1.11. The summed E-state index contributed by atoms with van der Waals surface area (Å²) in [5.41, 5.74) is 0.257. The molecule has 0 aliphatic carbocycles. The highest BCUT2D eigenvalue weighted by molar-refractivity contribution is 9.10. The third kappa shape index (κ3) is 3.03. The van der Waals surface area contributed by atoms with Crippen LogP contribution in [-0.2, 0) is 9.53 Å². The summed E-state index contributed by atoms with van der Waals surface area (Å²) in [6.07, 6.45) is 0. The van der Waals surface area contributed by atoms with E-state index in [9.17, 15) is 9.59 Å². The molecule has 84 valence electrons. The van der Waals surface area contributed by atoms with Gasteiger partial charge < -0.3 is 4.74 Å². The van der Waals surface area contributed by atoms with Gasteiger partial charge in [0.2, 0.25) is 0 Å². The molecule has 0 amide bonds. The van der Waals surface area contributed by atoms with E-state index in [0.717, 1.165) is 4.47 Å². The van der Waals surface area contributed by atoms with E-state index in [4.69, 9.17) is 4.74 Å². The molecular formula is C12H11BrO3. The maximum Gasteiger partial charge on any atom is 0.341 e. The van der Waals surface area contributed by atoms with Crippen LogP contribution in [-0.4, -0.2) is 18.4 Å². The lowest BCUT2D eigenvalue weighted by atomic mass is 10.1. The standard InChI is InChI=1S/C12H11BrO3/c1-3-16-12(15)8(2)11(14)9-5-4-6-10(13)7-9/h4-7H,2-3H2,1H3. The van der Waals surface area contributed by atoms with Crippen LogP contribution in [0.25, 0.3) is 0 Å². The lowest BCUT2D eigenvalue weighted by Gasteiger charge is -2.04. The third-order valence-electron chi connectivity index (χ3n) is 1.88. The summed E-state index contributed by atoms with van der Waals surface area (Å²) >= 11 is 3.25. The molecule has 0 N–H and O–H groups in total. The van der Waals surface area contributed by atoms with Crippen LogP contribution >= 0.6 is 15.9 Å². The molecule has 0 aliphatic rings. The number of rotatable bonds is 4. The largest absolute Gasteiger partial charge is 0.462 e. The van der Waals surface area contributed by atoms with Gasteiger partial charge in [-0.05, 0) is 19.1 Å². The number of esters is 1. The van der Waals surface area contributed by atoms with Crippen molar-refractivity contribution in [2.45, 2.75) is 6.92 Å². The van der Waals surface area contributed by atoms with Gasteiger partial charge in [0, 0.05) is 10.0 Å². The molecule has 0 fully saturated rings. The van der Waals surface area contributed by atoms with E-state index in [0.29, 0.717) is 5.56 Å². The molecular weight excluding hydrogens is 272 g/mol. The van der Waals surface area contributed by atoms with E-state index in [1.165, 1.54) is 0 Å². The molecule has 0 bridgehead atoms. The SMILES string of the molecule is C=C(C(=O)OCC)C(=O)c1cccc(Br)c1. The molecule has 0 radical (unpaired) electrons. The second kappa shape index (κ2) is 5.61. The fourth-order valence-corrected chi connectivity index (χ4v) is 1.51. The molecule has 0 saturated carbocycles. The van der Waals surface area contributed by atoms with Crippen molar-refractivity contribution in [3.8, 4) is 0 Å². The van der Waals surface area contributed by atoms with Crippen molar-refractivity contribution in [3.05, 3.63) is 46.5 Å². The first-order valence-corrected chi connectivity index (χ1v) is 5.52. The van der Waals surface area contributed by atoms with Crippen LogP contribution in [0.4, 0.5) is 0 Å². The summed E-state index contributed by atoms with van der Waals surface area (Å²) in [6.45, 7) is 5.34. The number of hydrogen-bond acceptors (Lipinski definition) is 3. The Morgan fingerprint density at radius 3 is 2.69 bits per heavy atom. The molecule has 0 aromatic heterocycles. The fraction of sp³-hybridized carbons (Fsp3) is 0.167. The Kier molecular flexibility index (Phi) is 4.43. The maximum atomic E-state index is 11.8. The molecule has 1 aromatic rings. The van der Waals surface area contributed by atoms with Crippen LogP contribution in [0.1, 0.15) is 17.3 Å². The second-order valence-corrected chi connectivity index (χ2v) is 3.95. The van der Waals surface area contributed by atoms with Gasteiger partial charge in [0.25, 0.3) is 0 Å². The Morgan fingerprint density at radius 2 is 2.12 bits per heavy atom. The van der Waals surface area contributed by atoms with E-state index >= 15 is 0 Å². The van der Waals surface area contributed by atoms with Crippen molar-refractivity contribution in [1.82, 2.24) is 0 Å². The zero-order valence-electron chi connectivity index (χ0n) is 8.83. The van der Waals surface area contributed by atoms with Crippen LogP contribution in [0.5, 0.6) is 0 Å². The van der Waals surface area contributed by atoms with Gasteiger partial charge in [0.05, 0.1) is 6.61 Å². The van der Waals surface area contributed by atoms with Crippen molar-refractivity contribution in [1.29, 1.82) is 0 Å². The summed E-state index contributed by atoms with van der Waals surface area (Å²) in [6, 6.07) is 6.77. The first-order chi connectivity index (χ1) is 7.56. The highest BCUT2D eigenvalue weighted by Crippen LogP contribution is 2.15. The van der Waals surface area contributed by atoms with Crippen molar-refractivity contribution in [3.63, 3.8) is 0 Å². The zero-order valence-corrected chi connectivity index (χ0v) is 10.4. The van der Waals surface area contributed by atoms with Gasteiger partial charge in [-0.2, -0.15) is 0 Å².